The zero-order valence-electron chi connectivity index (χ0n) is 15.7. The number of methoxy groups -OCH3 is 1. The van der Waals surface area contributed by atoms with Crippen LogP contribution in [0.4, 0.5) is 15.9 Å². The first kappa shape index (κ1) is 21.0. The molecule has 0 bridgehead atoms. The number of nitrogens with one attached hydrogen (secondary N) is 1. The lowest BCUT2D eigenvalue weighted by molar-refractivity contribution is -0.134. The summed E-state index contributed by atoms with van der Waals surface area (Å²) >= 11 is 3.21. The van der Waals surface area contributed by atoms with Crippen LogP contribution in [0, 0.1) is 5.82 Å². The van der Waals surface area contributed by atoms with Crippen molar-refractivity contribution in [2.24, 2.45) is 0 Å². The lowest BCUT2D eigenvalue weighted by atomic mass is 9.98. The van der Waals surface area contributed by atoms with Gasteiger partial charge in [-0.05, 0) is 18.6 Å². The summed E-state index contributed by atoms with van der Waals surface area (Å²) in [6.07, 6.45) is 0.852. The highest BCUT2D eigenvalue weighted by Gasteiger charge is 2.45. The zero-order chi connectivity index (χ0) is 21.5. The number of anilines is 2. The molecule has 4 rings (SSSR count). The van der Waals surface area contributed by atoms with Gasteiger partial charge in [0.1, 0.15) is 24.3 Å². The van der Waals surface area contributed by atoms with Gasteiger partial charge in [0.15, 0.2) is 11.6 Å². The van der Waals surface area contributed by atoms with Crippen molar-refractivity contribution in [3.05, 3.63) is 34.8 Å². The summed E-state index contributed by atoms with van der Waals surface area (Å²) in [5.41, 5.74) is 0.0148. The number of rotatable bonds is 5. The van der Waals surface area contributed by atoms with Crippen molar-refractivity contribution < 1.29 is 31.6 Å². The van der Waals surface area contributed by atoms with Crippen LogP contribution in [0.2, 0.25) is 0 Å². The van der Waals surface area contributed by atoms with E-state index in [1.807, 2.05) is 0 Å². The highest BCUT2D eigenvalue weighted by atomic mass is 79.9. The Kier molecular flexibility index (Phi) is 5.70. The Hall–Kier alpha value is -2.22. The molecule has 0 radical (unpaired) electrons. The fraction of sp³-hybridized carbons (Fsp3) is 0.412. The summed E-state index contributed by atoms with van der Waals surface area (Å²) in [6.45, 7) is -0.214. The summed E-state index contributed by atoms with van der Waals surface area (Å²) in [6, 6.07) is 3.65. The predicted octanol–water partition coefficient (Wildman–Crippen LogP) is 1.75. The highest BCUT2D eigenvalue weighted by molar-refractivity contribution is 9.10. The minimum atomic E-state index is -3.91. The van der Waals surface area contributed by atoms with Gasteiger partial charge in [-0.1, -0.05) is 21.1 Å². The number of hydrogen-bond acceptors (Lipinski definition) is 7. The second-order valence-corrected chi connectivity index (χ2v) is 9.34. The third kappa shape index (κ3) is 3.89. The molecule has 2 saturated heterocycles. The maximum absolute atomic E-state index is 14.8. The number of amides is 1. The van der Waals surface area contributed by atoms with Crippen LogP contribution in [-0.4, -0.2) is 62.7 Å². The average molecular weight is 505 g/mol. The van der Waals surface area contributed by atoms with Crippen molar-refractivity contribution in [3.8, 4) is 5.75 Å². The molecule has 3 heterocycles. The summed E-state index contributed by atoms with van der Waals surface area (Å²) in [7, 11) is -2.52. The number of ether oxygens (including phenoxy) is 2. The highest BCUT2D eigenvalue weighted by Crippen LogP contribution is 2.39. The summed E-state index contributed by atoms with van der Waals surface area (Å²) in [5, 5.41) is 3.54. The van der Waals surface area contributed by atoms with Gasteiger partial charge in [-0.2, -0.15) is 12.7 Å². The van der Waals surface area contributed by atoms with E-state index in [-0.39, 0.29) is 43.4 Å². The van der Waals surface area contributed by atoms with Crippen molar-refractivity contribution in [2.75, 3.05) is 36.4 Å². The number of nitrogens with zero attached hydrogens (tertiary/aromatic N) is 3. The van der Waals surface area contributed by atoms with Gasteiger partial charge in [-0.15, -0.1) is 0 Å². The fourth-order valence-corrected chi connectivity index (χ4v) is 5.27. The largest absolute Gasteiger partial charge is 0.494 e. The Morgan fingerprint density at radius 2 is 2.20 bits per heavy atom. The lowest BCUT2D eigenvalue weighted by Crippen LogP contribution is -2.62. The molecule has 0 unspecified atom stereocenters. The molecule has 2 aliphatic rings. The van der Waals surface area contributed by atoms with Crippen LogP contribution in [0.5, 0.6) is 5.75 Å². The Balaban J connectivity index is 1.59. The Bertz CT molecular complexity index is 1050. The van der Waals surface area contributed by atoms with E-state index >= 15 is 0 Å². The molecule has 0 spiro atoms. The summed E-state index contributed by atoms with van der Waals surface area (Å²) in [5.74, 6) is -0.801. The minimum absolute atomic E-state index is 0.0118. The lowest BCUT2D eigenvalue weighted by Gasteiger charge is -2.46. The molecular formula is C17H18BrFN4O6S. The predicted molar refractivity (Wildman–Crippen MR) is 107 cm³/mol. The minimum Gasteiger partial charge on any atom is -0.494 e. The number of carbonyl (C=O) groups excluding carboxylic acids is 1. The molecule has 2 atom stereocenters. The van der Waals surface area contributed by atoms with Crippen LogP contribution >= 0.6 is 15.9 Å². The van der Waals surface area contributed by atoms with Crippen molar-refractivity contribution in [1.29, 1.82) is 0 Å². The topological polar surface area (TPSA) is 114 Å². The van der Waals surface area contributed by atoms with Crippen molar-refractivity contribution in [2.45, 2.75) is 18.6 Å². The van der Waals surface area contributed by atoms with E-state index in [0.717, 1.165) is 0 Å². The van der Waals surface area contributed by atoms with Gasteiger partial charge in [0.25, 0.3) is 5.91 Å². The summed E-state index contributed by atoms with van der Waals surface area (Å²) < 4.78 is 59.6. The molecule has 13 heteroatoms. The van der Waals surface area contributed by atoms with Crippen LogP contribution < -0.4 is 14.4 Å². The number of hydrogen-bond donors (Lipinski definition) is 1. The van der Waals surface area contributed by atoms with E-state index < -0.39 is 34.1 Å². The Morgan fingerprint density at radius 1 is 1.40 bits per heavy atom. The van der Waals surface area contributed by atoms with Gasteiger partial charge in [-0.3, -0.25) is 14.4 Å². The smallest absolute Gasteiger partial charge is 0.302 e. The molecule has 10 nitrogen and oxygen atoms in total. The van der Waals surface area contributed by atoms with Crippen molar-refractivity contribution in [1.82, 2.24) is 9.46 Å². The second-order valence-electron chi connectivity index (χ2n) is 6.76. The van der Waals surface area contributed by atoms with Crippen LogP contribution in [0.1, 0.15) is 6.42 Å². The number of aromatic nitrogens is 1. The first-order valence-corrected chi connectivity index (χ1v) is 11.2. The van der Waals surface area contributed by atoms with Crippen molar-refractivity contribution >= 4 is 43.6 Å². The molecule has 1 aromatic heterocycles. The van der Waals surface area contributed by atoms with Gasteiger partial charge in [0, 0.05) is 23.6 Å². The number of halogens is 2. The average Bonchev–Trinajstić information content (AvgIpc) is 3.20. The summed E-state index contributed by atoms with van der Waals surface area (Å²) in [4.78, 5) is 14.0. The molecule has 1 aromatic carbocycles. The van der Waals surface area contributed by atoms with Crippen LogP contribution in [-0.2, 0) is 19.7 Å². The van der Waals surface area contributed by atoms with Gasteiger partial charge < -0.3 is 14.0 Å². The third-order valence-electron chi connectivity index (χ3n) is 4.97. The number of benzene rings is 1. The monoisotopic (exact) mass is 504 g/mol. The molecular weight excluding hydrogens is 487 g/mol. The number of carbonyl (C=O) groups is 1. The fourth-order valence-electron chi connectivity index (χ4n) is 3.67. The second kappa shape index (κ2) is 8.13. The first-order valence-electron chi connectivity index (χ1n) is 8.95. The van der Waals surface area contributed by atoms with Crippen LogP contribution in [0.25, 0.3) is 0 Å². The molecule has 30 heavy (non-hydrogen) atoms. The maximum atomic E-state index is 14.8. The standard InChI is InChI=1S/C17H18BrFN4O6S/c1-27-13-7-10(18)6-11(19)17(13)23-12-2-4-22(8-14(12)28-9-16(23)24)30(25,26)21-15-3-5-29-20-15/h3,5-7,12,14H,2,4,8-9H2,1H3,(H,20,21)/t12-,14-/m1/s1. The van der Waals surface area contributed by atoms with E-state index in [2.05, 4.69) is 30.3 Å². The molecule has 2 aliphatic heterocycles. The molecule has 162 valence electrons. The molecule has 0 aliphatic carbocycles. The first-order chi connectivity index (χ1) is 14.3. The number of piperidine rings is 1. The number of fused-ring (bicyclic) bond motifs is 1. The Labute approximate surface area is 180 Å². The van der Waals surface area contributed by atoms with Gasteiger partial charge in [-0.25, -0.2) is 4.39 Å². The SMILES string of the molecule is COc1cc(Br)cc(F)c1N1C(=O)CO[C@@H]2CN(S(=O)(=O)Nc3ccon3)CC[C@H]21. The van der Waals surface area contributed by atoms with Crippen LogP contribution in [0.15, 0.2) is 33.5 Å². The normalized spacial score (nSPS) is 22.6. The van der Waals surface area contributed by atoms with Gasteiger partial charge in [0.2, 0.25) is 0 Å². The molecule has 2 fully saturated rings. The van der Waals surface area contributed by atoms with Gasteiger partial charge >= 0.3 is 10.2 Å². The van der Waals surface area contributed by atoms with E-state index in [1.165, 1.54) is 34.7 Å². The zero-order valence-corrected chi connectivity index (χ0v) is 18.2. The molecule has 1 amide bonds. The maximum Gasteiger partial charge on any atom is 0.302 e. The molecule has 2 aromatic rings. The van der Waals surface area contributed by atoms with Crippen LogP contribution in [0.3, 0.4) is 0 Å². The third-order valence-corrected chi connectivity index (χ3v) is 6.91. The van der Waals surface area contributed by atoms with E-state index in [0.29, 0.717) is 4.47 Å². The van der Waals surface area contributed by atoms with E-state index in [4.69, 9.17) is 9.47 Å². The van der Waals surface area contributed by atoms with Gasteiger partial charge in [0.05, 0.1) is 19.3 Å². The molecule has 1 N–H and O–H groups in total. The Morgan fingerprint density at radius 3 is 2.90 bits per heavy atom. The van der Waals surface area contributed by atoms with Crippen molar-refractivity contribution in [3.63, 3.8) is 0 Å². The quantitative estimate of drug-likeness (QED) is 0.659. The molecule has 0 saturated carbocycles. The number of morpholine rings is 1. The van der Waals surface area contributed by atoms with E-state index in [1.54, 1.807) is 6.07 Å². The van der Waals surface area contributed by atoms with E-state index in [9.17, 15) is 17.6 Å².